The molecule has 3 heterocycles. The van der Waals surface area contributed by atoms with E-state index in [0.29, 0.717) is 22.4 Å². The number of ether oxygens (including phenoxy) is 1. The molecule has 1 aliphatic heterocycles. The first-order valence-corrected chi connectivity index (χ1v) is 10.7. The average Bonchev–Trinajstić information content (AvgIpc) is 3.25. The highest BCUT2D eigenvalue weighted by molar-refractivity contribution is 6.33. The Hall–Kier alpha value is -3.55. The SMILES string of the molecule is COc1cc(N2C=C[C@H](N)CC2)ccc1Nc1ncc(Cl)c(-c2c[nH]c3ccccc23)n1. The molecule has 4 N–H and O–H groups in total. The summed E-state index contributed by atoms with van der Waals surface area (Å²) in [6.07, 6.45) is 8.46. The quantitative estimate of drug-likeness (QED) is 0.396. The zero-order valence-corrected chi connectivity index (χ0v) is 18.3. The van der Waals surface area contributed by atoms with Crippen molar-refractivity contribution in [3.8, 4) is 17.0 Å². The lowest BCUT2D eigenvalue weighted by Gasteiger charge is -2.27. The van der Waals surface area contributed by atoms with Gasteiger partial charge in [0.05, 0.1) is 29.7 Å². The summed E-state index contributed by atoms with van der Waals surface area (Å²) in [6, 6.07) is 14.1. The predicted octanol–water partition coefficient (Wildman–Crippen LogP) is 5.08. The number of fused-ring (bicyclic) bond motifs is 1. The molecule has 0 amide bonds. The van der Waals surface area contributed by atoms with E-state index in [1.165, 1.54) is 0 Å². The molecule has 0 unspecified atom stereocenters. The number of rotatable bonds is 5. The topological polar surface area (TPSA) is 92.1 Å². The molecule has 162 valence electrons. The zero-order valence-electron chi connectivity index (χ0n) is 17.5. The number of aromatic amines is 1. The van der Waals surface area contributed by atoms with E-state index in [4.69, 9.17) is 27.1 Å². The van der Waals surface area contributed by atoms with Crippen LogP contribution in [0.4, 0.5) is 17.3 Å². The minimum atomic E-state index is 0.113. The lowest BCUT2D eigenvalue weighted by molar-refractivity contribution is 0.417. The van der Waals surface area contributed by atoms with Crippen molar-refractivity contribution in [1.29, 1.82) is 0 Å². The Morgan fingerprint density at radius 1 is 1.25 bits per heavy atom. The van der Waals surface area contributed by atoms with Gasteiger partial charge < -0.3 is 25.7 Å². The lowest BCUT2D eigenvalue weighted by Crippen LogP contribution is -2.31. The van der Waals surface area contributed by atoms with E-state index in [0.717, 1.165) is 40.8 Å². The smallest absolute Gasteiger partial charge is 0.227 e. The van der Waals surface area contributed by atoms with E-state index in [2.05, 4.69) is 20.2 Å². The van der Waals surface area contributed by atoms with Gasteiger partial charge in [-0.05, 0) is 24.6 Å². The van der Waals surface area contributed by atoms with Crippen molar-refractivity contribution >= 4 is 39.8 Å². The molecule has 0 radical (unpaired) electrons. The number of nitrogens with two attached hydrogens (primary N) is 1. The van der Waals surface area contributed by atoms with Gasteiger partial charge in [-0.25, -0.2) is 9.97 Å². The first kappa shape index (κ1) is 20.4. The Morgan fingerprint density at radius 2 is 2.12 bits per heavy atom. The number of methoxy groups -OCH3 is 1. The van der Waals surface area contributed by atoms with E-state index < -0.39 is 0 Å². The maximum atomic E-state index is 6.45. The normalized spacial score (nSPS) is 15.8. The van der Waals surface area contributed by atoms with Crippen LogP contribution in [0.3, 0.4) is 0 Å². The standard InChI is InChI=1S/C24H23ClN6O/c1-32-22-12-16(31-10-8-15(26)9-11-31)6-7-21(22)29-24-28-14-19(25)23(30-24)18-13-27-20-5-3-2-4-17(18)20/h2-8,10,12-15,27H,9,11,26H2,1H3,(H,28,29,30)/t15-/m0/s1. The summed E-state index contributed by atoms with van der Waals surface area (Å²) in [4.78, 5) is 14.5. The Kier molecular flexibility index (Phi) is 5.43. The second kappa shape index (κ2) is 8.53. The highest BCUT2D eigenvalue weighted by atomic mass is 35.5. The molecule has 1 aliphatic rings. The van der Waals surface area contributed by atoms with Crippen molar-refractivity contribution in [2.45, 2.75) is 12.5 Å². The van der Waals surface area contributed by atoms with E-state index in [1.807, 2.05) is 60.9 Å². The van der Waals surface area contributed by atoms with Crippen LogP contribution in [0, 0.1) is 0 Å². The van der Waals surface area contributed by atoms with E-state index in [-0.39, 0.29) is 6.04 Å². The minimum absolute atomic E-state index is 0.113. The van der Waals surface area contributed by atoms with E-state index in [1.54, 1.807) is 13.3 Å². The maximum Gasteiger partial charge on any atom is 0.227 e. The molecule has 0 bridgehead atoms. The highest BCUT2D eigenvalue weighted by Crippen LogP contribution is 2.35. The van der Waals surface area contributed by atoms with Crippen molar-refractivity contribution < 1.29 is 4.74 Å². The molecule has 7 nitrogen and oxygen atoms in total. The molecular weight excluding hydrogens is 424 g/mol. The van der Waals surface area contributed by atoms with Gasteiger partial charge in [0.25, 0.3) is 0 Å². The molecule has 0 spiro atoms. The van der Waals surface area contributed by atoms with Crippen LogP contribution in [0.15, 0.2) is 67.1 Å². The third kappa shape index (κ3) is 3.88. The number of nitrogens with one attached hydrogen (secondary N) is 2. The monoisotopic (exact) mass is 446 g/mol. The van der Waals surface area contributed by atoms with Gasteiger partial charge >= 0.3 is 0 Å². The van der Waals surface area contributed by atoms with Crippen molar-refractivity contribution in [2.24, 2.45) is 5.73 Å². The number of benzene rings is 2. The van der Waals surface area contributed by atoms with Gasteiger partial charge in [0, 0.05) is 53.2 Å². The van der Waals surface area contributed by atoms with Gasteiger partial charge in [-0.15, -0.1) is 0 Å². The number of nitrogens with zero attached hydrogens (tertiary/aromatic N) is 3. The molecule has 1 atom stereocenters. The highest BCUT2D eigenvalue weighted by Gasteiger charge is 2.16. The van der Waals surface area contributed by atoms with Gasteiger partial charge in [-0.2, -0.15) is 0 Å². The van der Waals surface area contributed by atoms with Gasteiger partial charge in [0.1, 0.15) is 5.75 Å². The fourth-order valence-corrected chi connectivity index (χ4v) is 4.05. The maximum absolute atomic E-state index is 6.45. The summed E-state index contributed by atoms with van der Waals surface area (Å²) < 4.78 is 5.63. The molecule has 5 rings (SSSR count). The molecule has 8 heteroatoms. The molecule has 0 fully saturated rings. The predicted molar refractivity (Wildman–Crippen MR) is 130 cm³/mol. The van der Waals surface area contributed by atoms with Gasteiger partial charge in [0.15, 0.2) is 0 Å². The Morgan fingerprint density at radius 3 is 2.94 bits per heavy atom. The van der Waals surface area contributed by atoms with Crippen molar-refractivity contribution in [3.05, 3.63) is 72.2 Å². The van der Waals surface area contributed by atoms with E-state index in [9.17, 15) is 0 Å². The van der Waals surface area contributed by atoms with Gasteiger partial charge in [0.2, 0.25) is 5.95 Å². The van der Waals surface area contributed by atoms with Crippen LogP contribution in [0.1, 0.15) is 6.42 Å². The van der Waals surface area contributed by atoms with Crippen LogP contribution in [-0.2, 0) is 0 Å². The van der Waals surface area contributed by atoms with Crippen LogP contribution in [-0.4, -0.2) is 34.6 Å². The molecule has 4 aromatic rings. The van der Waals surface area contributed by atoms with Crippen LogP contribution >= 0.6 is 11.6 Å². The summed E-state index contributed by atoms with van der Waals surface area (Å²) in [7, 11) is 1.65. The summed E-state index contributed by atoms with van der Waals surface area (Å²) in [6.45, 7) is 0.863. The molecule has 0 saturated carbocycles. The van der Waals surface area contributed by atoms with Crippen LogP contribution < -0.4 is 20.7 Å². The fraction of sp³-hybridized carbons (Fsp3) is 0.167. The fourth-order valence-electron chi connectivity index (χ4n) is 3.85. The summed E-state index contributed by atoms with van der Waals surface area (Å²) in [5.41, 5.74) is 10.4. The lowest BCUT2D eigenvalue weighted by atomic mass is 10.1. The van der Waals surface area contributed by atoms with Crippen LogP contribution in [0.25, 0.3) is 22.2 Å². The van der Waals surface area contributed by atoms with Crippen LogP contribution in [0.5, 0.6) is 5.75 Å². The van der Waals surface area contributed by atoms with Crippen molar-refractivity contribution in [1.82, 2.24) is 15.0 Å². The Bertz CT molecular complexity index is 1300. The molecule has 2 aromatic carbocycles. The zero-order chi connectivity index (χ0) is 22.1. The van der Waals surface area contributed by atoms with Gasteiger partial charge in [-0.1, -0.05) is 35.9 Å². The summed E-state index contributed by atoms with van der Waals surface area (Å²) >= 11 is 6.45. The number of hydrogen-bond donors (Lipinski definition) is 3. The molecule has 32 heavy (non-hydrogen) atoms. The molecule has 0 aliphatic carbocycles. The summed E-state index contributed by atoms with van der Waals surface area (Å²) in [5, 5.41) is 4.80. The number of aromatic nitrogens is 3. The Labute approximate surface area is 190 Å². The number of halogens is 1. The number of anilines is 3. The minimum Gasteiger partial charge on any atom is -0.494 e. The third-order valence-electron chi connectivity index (χ3n) is 5.57. The summed E-state index contributed by atoms with van der Waals surface area (Å²) in [5.74, 6) is 1.13. The van der Waals surface area contributed by atoms with Crippen molar-refractivity contribution in [2.75, 3.05) is 23.9 Å². The molecule has 2 aromatic heterocycles. The van der Waals surface area contributed by atoms with Crippen LogP contribution in [0.2, 0.25) is 5.02 Å². The van der Waals surface area contributed by atoms with E-state index >= 15 is 0 Å². The Balaban J connectivity index is 1.45. The number of para-hydroxylation sites is 1. The third-order valence-corrected chi connectivity index (χ3v) is 5.84. The van der Waals surface area contributed by atoms with Crippen molar-refractivity contribution in [3.63, 3.8) is 0 Å². The second-order valence-corrected chi connectivity index (χ2v) is 8.04. The second-order valence-electron chi connectivity index (χ2n) is 7.64. The number of H-pyrrole nitrogens is 1. The molecular formula is C24H23ClN6O. The molecule has 0 saturated heterocycles. The average molecular weight is 447 g/mol. The first-order chi connectivity index (χ1) is 15.6. The first-order valence-electron chi connectivity index (χ1n) is 10.4. The largest absolute Gasteiger partial charge is 0.494 e. The van der Waals surface area contributed by atoms with Gasteiger partial charge in [-0.3, -0.25) is 0 Å². The number of hydrogen-bond acceptors (Lipinski definition) is 6.